The number of nitrogens with one attached hydrogen (secondary N) is 1. The van der Waals surface area contributed by atoms with E-state index in [1.54, 1.807) is 15.8 Å². The Morgan fingerprint density at radius 3 is 2.59 bits per heavy atom. The van der Waals surface area contributed by atoms with Gasteiger partial charge < -0.3 is 20.1 Å². The van der Waals surface area contributed by atoms with E-state index in [9.17, 15) is 19.5 Å². The highest BCUT2D eigenvalue weighted by Gasteiger charge is 2.30. The van der Waals surface area contributed by atoms with E-state index in [4.69, 9.17) is 4.74 Å². The first-order valence-corrected chi connectivity index (χ1v) is 12.2. The topological polar surface area (TPSA) is 109 Å². The molecule has 0 radical (unpaired) electrons. The zero-order valence-corrected chi connectivity index (χ0v) is 19.5. The van der Waals surface area contributed by atoms with E-state index < -0.39 is 23.8 Å². The van der Waals surface area contributed by atoms with Crippen LogP contribution in [0.1, 0.15) is 17.7 Å². The molecule has 0 saturated carbocycles. The van der Waals surface area contributed by atoms with Crippen molar-refractivity contribution in [1.29, 1.82) is 0 Å². The number of benzene rings is 2. The van der Waals surface area contributed by atoms with Gasteiger partial charge in [0.15, 0.2) is 0 Å². The Morgan fingerprint density at radius 1 is 1.09 bits per heavy atom. The summed E-state index contributed by atoms with van der Waals surface area (Å²) >= 11 is 1.37. The first-order valence-electron chi connectivity index (χ1n) is 11.2. The molecule has 2 aromatic carbocycles. The minimum absolute atomic E-state index is 0.00189. The van der Waals surface area contributed by atoms with Crippen LogP contribution in [0.15, 0.2) is 53.4 Å². The first-order chi connectivity index (χ1) is 16.5. The SMILES string of the molecule is O=C(N[C@@H](Cc1cscn1)C(=O)O)[C@@H](CC(=O)N1CCOCC1)Cc1cccc2ccccc12. The summed E-state index contributed by atoms with van der Waals surface area (Å²) < 4.78 is 5.33. The number of carbonyl (C=O) groups excluding carboxylic acids is 2. The maximum Gasteiger partial charge on any atom is 0.326 e. The molecule has 0 aliphatic carbocycles. The minimum Gasteiger partial charge on any atom is -0.480 e. The number of aromatic nitrogens is 1. The van der Waals surface area contributed by atoms with Crippen LogP contribution in [0, 0.1) is 5.92 Å². The maximum absolute atomic E-state index is 13.4. The van der Waals surface area contributed by atoms with Crippen molar-refractivity contribution in [2.24, 2.45) is 5.92 Å². The number of ether oxygens (including phenoxy) is 1. The van der Waals surface area contributed by atoms with Gasteiger partial charge in [0.25, 0.3) is 0 Å². The van der Waals surface area contributed by atoms with E-state index in [1.165, 1.54) is 11.3 Å². The predicted octanol–water partition coefficient (Wildman–Crippen LogP) is 2.52. The summed E-state index contributed by atoms with van der Waals surface area (Å²) in [6.45, 7) is 1.92. The van der Waals surface area contributed by atoms with E-state index in [-0.39, 0.29) is 18.7 Å². The van der Waals surface area contributed by atoms with Gasteiger partial charge in [0.1, 0.15) is 6.04 Å². The Kier molecular flexibility index (Phi) is 7.87. The lowest BCUT2D eigenvalue weighted by Crippen LogP contribution is -2.47. The zero-order chi connectivity index (χ0) is 23.9. The summed E-state index contributed by atoms with van der Waals surface area (Å²) in [5, 5.41) is 16.2. The van der Waals surface area contributed by atoms with Gasteiger partial charge in [-0.2, -0.15) is 0 Å². The molecule has 2 atom stereocenters. The monoisotopic (exact) mass is 481 g/mol. The number of hydrogen-bond donors (Lipinski definition) is 2. The molecule has 1 fully saturated rings. The maximum atomic E-state index is 13.4. The van der Waals surface area contributed by atoms with E-state index in [2.05, 4.69) is 10.3 Å². The Morgan fingerprint density at radius 2 is 1.85 bits per heavy atom. The van der Waals surface area contributed by atoms with Crippen LogP contribution in [-0.2, 0) is 32.0 Å². The van der Waals surface area contributed by atoms with Crippen molar-refractivity contribution in [1.82, 2.24) is 15.2 Å². The molecule has 0 spiro atoms. The fourth-order valence-corrected chi connectivity index (χ4v) is 4.75. The number of thiazole rings is 1. The Labute approximate surface area is 201 Å². The van der Waals surface area contributed by atoms with Gasteiger partial charge in [-0.15, -0.1) is 11.3 Å². The smallest absolute Gasteiger partial charge is 0.326 e. The van der Waals surface area contributed by atoms with Gasteiger partial charge in [0, 0.05) is 31.3 Å². The Bertz CT molecular complexity index is 1140. The van der Waals surface area contributed by atoms with Crippen molar-refractivity contribution in [3.8, 4) is 0 Å². The highest BCUT2D eigenvalue weighted by atomic mass is 32.1. The molecule has 2 N–H and O–H groups in total. The molecule has 0 bridgehead atoms. The van der Waals surface area contributed by atoms with Crippen molar-refractivity contribution in [3.63, 3.8) is 0 Å². The van der Waals surface area contributed by atoms with Crippen molar-refractivity contribution >= 4 is 39.9 Å². The second-order valence-corrected chi connectivity index (χ2v) is 9.04. The van der Waals surface area contributed by atoms with Crippen LogP contribution < -0.4 is 5.32 Å². The number of carboxylic acid groups (broad SMARTS) is 1. The molecule has 9 heteroatoms. The lowest BCUT2D eigenvalue weighted by molar-refractivity contribution is -0.143. The second kappa shape index (κ2) is 11.2. The summed E-state index contributed by atoms with van der Waals surface area (Å²) in [6.07, 6.45) is 0.410. The second-order valence-electron chi connectivity index (χ2n) is 8.32. The van der Waals surface area contributed by atoms with E-state index in [0.29, 0.717) is 38.4 Å². The number of aliphatic carboxylic acids is 1. The molecule has 3 aromatic rings. The van der Waals surface area contributed by atoms with E-state index >= 15 is 0 Å². The normalized spacial score (nSPS) is 15.6. The number of nitrogens with zero attached hydrogens (tertiary/aromatic N) is 2. The molecule has 1 saturated heterocycles. The summed E-state index contributed by atoms with van der Waals surface area (Å²) in [5.74, 6) is -2.42. The standard InChI is InChI=1S/C25H27N3O5S/c29-23(28-8-10-33-11-9-28)13-19(12-18-6-3-5-17-4-1-2-7-21(17)18)24(30)27-22(25(31)32)14-20-15-34-16-26-20/h1-7,15-16,19,22H,8-14H2,(H,27,30)(H,31,32)/t19-,22+/m1/s1. The van der Waals surface area contributed by atoms with Crippen LogP contribution >= 0.6 is 11.3 Å². The lowest BCUT2D eigenvalue weighted by Gasteiger charge is -2.29. The number of morpholine rings is 1. The number of hydrogen-bond acceptors (Lipinski definition) is 6. The molecule has 2 heterocycles. The van der Waals surface area contributed by atoms with Crippen LogP contribution in [0.2, 0.25) is 0 Å². The van der Waals surface area contributed by atoms with Gasteiger partial charge in [0.05, 0.1) is 30.3 Å². The van der Waals surface area contributed by atoms with E-state index in [0.717, 1.165) is 16.3 Å². The molecular weight excluding hydrogens is 454 g/mol. The number of carboxylic acids is 1. The van der Waals surface area contributed by atoms with Crippen LogP contribution in [0.3, 0.4) is 0 Å². The highest BCUT2D eigenvalue weighted by molar-refractivity contribution is 7.07. The van der Waals surface area contributed by atoms with Gasteiger partial charge in [-0.05, 0) is 22.8 Å². The molecule has 8 nitrogen and oxygen atoms in total. The molecule has 1 aliphatic heterocycles. The molecule has 178 valence electrons. The lowest BCUT2D eigenvalue weighted by atomic mass is 9.91. The van der Waals surface area contributed by atoms with Gasteiger partial charge in [-0.1, -0.05) is 42.5 Å². The molecule has 2 amide bonds. The molecule has 34 heavy (non-hydrogen) atoms. The minimum atomic E-state index is -1.13. The van der Waals surface area contributed by atoms with Crippen LogP contribution in [-0.4, -0.2) is 65.1 Å². The molecule has 0 unspecified atom stereocenters. The third kappa shape index (κ3) is 5.98. The van der Waals surface area contributed by atoms with Gasteiger partial charge >= 0.3 is 5.97 Å². The number of fused-ring (bicyclic) bond motifs is 1. The molecular formula is C25H27N3O5S. The molecule has 4 rings (SSSR count). The highest BCUT2D eigenvalue weighted by Crippen LogP contribution is 2.23. The fourth-order valence-electron chi connectivity index (χ4n) is 4.18. The van der Waals surface area contributed by atoms with Crippen molar-refractivity contribution < 1.29 is 24.2 Å². The van der Waals surface area contributed by atoms with Crippen molar-refractivity contribution in [2.45, 2.75) is 25.3 Å². The molecule has 1 aromatic heterocycles. The summed E-state index contributed by atoms with van der Waals surface area (Å²) in [4.78, 5) is 44.1. The van der Waals surface area contributed by atoms with Crippen LogP contribution in [0.25, 0.3) is 10.8 Å². The Hall–Kier alpha value is -3.30. The van der Waals surface area contributed by atoms with Crippen molar-refractivity contribution in [2.75, 3.05) is 26.3 Å². The average molecular weight is 482 g/mol. The van der Waals surface area contributed by atoms with Crippen molar-refractivity contribution in [3.05, 3.63) is 64.6 Å². The molecule has 1 aliphatic rings. The van der Waals surface area contributed by atoms with E-state index in [1.807, 2.05) is 42.5 Å². The average Bonchev–Trinajstić information content (AvgIpc) is 3.37. The number of rotatable bonds is 9. The quantitative estimate of drug-likeness (QED) is 0.486. The fraction of sp³-hybridized carbons (Fsp3) is 0.360. The largest absolute Gasteiger partial charge is 0.480 e. The number of carbonyl (C=O) groups is 3. The van der Waals surface area contributed by atoms with Gasteiger partial charge in [-0.3, -0.25) is 9.59 Å². The third-order valence-corrected chi connectivity index (χ3v) is 6.65. The predicted molar refractivity (Wildman–Crippen MR) is 129 cm³/mol. The van der Waals surface area contributed by atoms with Gasteiger partial charge in [-0.25, -0.2) is 9.78 Å². The Balaban J connectivity index is 1.55. The van der Waals surface area contributed by atoms with Gasteiger partial charge in [0.2, 0.25) is 11.8 Å². The first kappa shape index (κ1) is 23.8. The summed E-state index contributed by atoms with van der Waals surface area (Å²) in [7, 11) is 0. The number of amides is 2. The van der Waals surface area contributed by atoms with Crippen LogP contribution in [0.4, 0.5) is 0 Å². The zero-order valence-electron chi connectivity index (χ0n) is 18.7. The van der Waals surface area contributed by atoms with Crippen LogP contribution in [0.5, 0.6) is 0 Å². The summed E-state index contributed by atoms with van der Waals surface area (Å²) in [6, 6.07) is 12.6. The summed E-state index contributed by atoms with van der Waals surface area (Å²) in [5.41, 5.74) is 3.17. The third-order valence-electron chi connectivity index (χ3n) is 6.01.